The average Bonchev–Trinajstić information content (AvgIpc) is 3.32. The van der Waals surface area contributed by atoms with Crippen LogP contribution in [0.1, 0.15) is 17.2 Å². The Bertz CT molecular complexity index is 1230. The molecule has 7 heteroatoms. The average molecular weight is 370 g/mol. The first-order chi connectivity index (χ1) is 13.7. The van der Waals surface area contributed by atoms with E-state index in [1.165, 1.54) is 0 Å². The second kappa shape index (κ2) is 5.99. The molecule has 0 saturated heterocycles. The normalized spacial score (nSPS) is 18.7. The first kappa shape index (κ1) is 16.1. The summed E-state index contributed by atoms with van der Waals surface area (Å²) in [6, 6.07) is 13.0. The number of anilines is 1. The maximum absolute atomic E-state index is 12.5. The van der Waals surface area contributed by atoms with E-state index in [0.29, 0.717) is 45.2 Å². The molecule has 7 nitrogen and oxygen atoms in total. The number of rotatable bonds is 2. The predicted octanol–water partition coefficient (Wildman–Crippen LogP) is 3.20. The van der Waals surface area contributed by atoms with Crippen molar-refractivity contribution in [2.24, 2.45) is 0 Å². The molecule has 2 aliphatic rings. The van der Waals surface area contributed by atoms with Gasteiger partial charge in [0.15, 0.2) is 0 Å². The number of benzene rings is 1. The van der Waals surface area contributed by atoms with Gasteiger partial charge in [-0.3, -0.25) is 0 Å². The van der Waals surface area contributed by atoms with Gasteiger partial charge in [0.05, 0.1) is 29.1 Å². The molecule has 0 amide bonds. The third-order valence-corrected chi connectivity index (χ3v) is 4.95. The number of nitrogens with two attached hydrogens (primary N) is 1. The molecule has 0 aliphatic carbocycles. The van der Waals surface area contributed by atoms with E-state index in [1.54, 1.807) is 18.3 Å². The van der Waals surface area contributed by atoms with E-state index in [0.717, 1.165) is 5.56 Å². The largest absolute Gasteiger partial charge is 0.461 e. The molecular formula is C21H14N4O3. The summed E-state index contributed by atoms with van der Waals surface area (Å²) in [6.45, 7) is 7.96. The minimum Gasteiger partial charge on any atom is -0.461 e. The van der Waals surface area contributed by atoms with Gasteiger partial charge < -0.3 is 20.2 Å². The van der Waals surface area contributed by atoms with Gasteiger partial charge in [-0.15, -0.1) is 0 Å². The van der Waals surface area contributed by atoms with E-state index < -0.39 is 11.9 Å². The van der Waals surface area contributed by atoms with Gasteiger partial charge in [0.1, 0.15) is 23.8 Å². The quantitative estimate of drug-likeness (QED) is 0.531. The molecule has 28 heavy (non-hydrogen) atoms. The van der Waals surface area contributed by atoms with Crippen LogP contribution in [0.3, 0.4) is 0 Å². The zero-order chi connectivity index (χ0) is 19.3. The highest BCUT2D eigenvalue weighted by Crippen LogP contribution is 2.45. The van der Waals surface area contributed by atoms with Gasteiger partial charge in [-0.1, -0.05) is 30.3 Å². The van der Waals surface area contributed by atoms with Crippen LogP contribution in [0.15, 0.2) is 70.0 Å². The van der Waals surface area contributed by atoms with Gasteiger partial charge in [0, 0.05) is 11.9 Å². The third kappa shape index (κ3) is 2.28. The lowest BCUT2D eigenvalue weighted by Crippen LogP contribution is -2.25. The van der Waals surface area contributed by atoms with Gasteiger partial charge in [-0.25, -0.2) is 14.6 Å². The van der Waals surface area contributed by atoms with Crippen molar-refractivity contribution < 1.29 is 13.9 Å². The molecule has 1 aromatic carbocycles. The van der Waals surface area contributed by atoms with Crippen molar-refractivity contribution in [3.63, 3.8) is 0 Å². The van der Waals surface area contributed by atoms with Crippen LogP contribution in [0.2, 0.25) is 0 Å². The summed E-state index contributed by atoms with van der Waals surface area (Å²) in [5.74, 6) is -0.332. The number of cyclic esters (lactones) is 1. The Balaban J connectivity index is 1.76. The van der Waals surface area contributed by atoms with E-state index in [1.807, 2.05) is 30.3 Å². The van der Waals surface area contributed by atoms with Gasteiger partial charge in [0.25, 0.3) is 0 Å². The molecule has 0 saturated carbocycles. The van der Waals surface area contributed by atoms with Crippen LogP contribution in [0.25, 0.3) is 21.5 Å². The summed E-state index contributed by atoms with van der Waals surface area (Å²) in [4.78, 5) is 20.3. The minimum atomic E-state index is -0.675. The van der Waals surface area contributed by atoms with E-state index in [-0.39, 0.29) is 6.61 Å². The number of pyridine rings is 1. The molecule has 5 rings (SSSR count). The Morgan fingerprint density at radius 3 is 2.82 bits per heavy atom. The SMILES string of the molecule is [C-]#[N+]C1=C(c2ccccc2)NC2=C(C(=O)OC2)C1c1cc2c(N)nccc2o1. The molecule has 0 fully saturated rings. The lowest BCUT2D eigenvalue weighted by molar-refractivity contribution is -0.136. The van der Waals surface area contributed by atoms with Crippen molar-refractivity contribution in [1.29, 1.82) is 0 Å². The second-order valence-corrected chi connectivity index (χ2v) is 6.52. The van der Waals surface area contributed by atoms with Gasteiger partial charge in [0.2, 0.25) is 5.70 Å². The number of carbonyl (C=O) groups excluding carboxylic acids is 1. The van der Waals surface area contributed by atoms with Gasteiger partial charge in [-0.05, 0) is 17.7 Å². The molecule has 0 bridgehead atoms. The van der Waals surface area contributed by atoms with Crippen LogP contribution >= 0.6 is 0 Å². The Hall–Kier alpha value is -4.05. The van der Waals surface area contributed by atoms with E-state index in [4.69, 9.17) is 21.5 Å². The molecule has 0 spiro atoms. The maximum Gasteiger partial charge on any atom is 0.336 e. The first-order valence-corrected chi connectivity index (χ1v) is 8.65. The lowest BCUT2D eigenvalue weighted by Gasteiger charge is -2.25. The summed E-state index contributed by atoms with van der Waals surface area (Å²) in [7, 11) is 0. The number of dihydropyridines is 1. The van der Waals surface area contributed by atoms with Gasteiger partial charge in [-0.2, -0.15) is 0 Å². The smallest absolute Gasteiger partial charge is 0.336 e. The number of allylic oxidation sites excluding steroid dienone is 1. The Morgan fingerprint density at radius 2 is 2.07 bits per heavy atom. The first-order valence-electron chi connectivity index (χ1n) is 8.65. The van der Waals surface area contributed by atoms with Gasteiger partial charge >= 0.3 is 5.97 Å². The highest BCUT2D eigenvalue weighted by Gasteiger charge is 2.42. The van der Waals surface area contributed by atoms with Crippen LogP contribution in [-0.2, 0) is 9.53 Å². The van der Waals surface area contributed by atoms with Crippen LogP contribution in [0, 0.1) is 6.57 Å². The highest BCUT2D eigenvalue weighted by molar-refractivity contribution is 5.98. The van der Waals surface area contributed by atoms with Crippen LogP contribution in [-0.4, -0.2) is 17.6 Å². The summed E-state index contributed by atoms with van der Waals surface area (Å²) in [5.41, 5.74) is 9.42. The number of nitrogen functional groups attached to an aromatic ring is 1. The standard InChI is InChI=1S/C21H14N4O3/c1-23-19-17(15-9-12-14(28-15)7-8-24-20(12)22)16-13(10-27-21(16)26)25-18(19)11-5-3-2-4-6-11/h2-9,17,25H,10H2,(H2,22,24). The molecule has 3 aromatic rings. The molecule has 2 aromatic heterocycles. The number of hydrogen-bond donors (Lipinski definition) is 2. The maximum atomic E-state index is 12.5. The van der Waals surface area contributed by atoms with Crippen LogP contribution in [0.4, 0.5) is 5.82 Å². The second-order valence-electron chi connectivity index (χ2n) is 6.52. The fourth-order valence-electron chi connectivity index (χ4n) is 3.68. The molecule has 3 N–H and O–H groups in total. The number of nitrogens with one attached hydrogen (secondary N) is 1. The number of ether oxygens (including phenoxy) is 1. The molecule has 2 aliphatic heterocycles. The number of fused-ring (bicyclic) bond motifs is 1. The fourth-order valence-corrected chi connectivity index (χ4v) is 3.68. The number of aromatic nitrogens is 1. The van der Waals surface area contributed by atoms with E-state index in [2.05, 4.69) is 15.1 Å². The van der Waals surface area contributed by atoms with Crippen LogP contribution in [0.5, 0.6) is 0 Å². The number of esters is 1. The van der Waals surface area contributed by atoms with Crippen LogP contribution < -0.4 is 11.1 Å². The van der Waals surface area contributed by atoms with E-state index in [9.17, 15) is 4.79 Å². The predicted molar refractivity (Wildman–Crippen MR) is 102 cm³/mol. The molecule has 1 atom stereocenters. The fraction of sp³-hybridized carbons (Fsp3) is 0.0952. The van der Waals surface area contributed by atoms with Crippen molar-refractivity contribution in [2.45, 2.75) is 5.92 Å². The highest BCUT2D eigenvalue weighted by atomic mass is 16.5. The molecule has 0 radical (unpaired) electrons. The summed E-state index contributed by atoms with van der Waals surface area (Å²) >= 11 is 0. The third-order valence-electron chi connectivity index (χ3n) is 4.95. The van der Waals surface area contributed by atoms with Crippen molar-refractivity contribution in [3.8, 4) is 0 Å². The lowest BCUT2D eigenvalue weighted by atomic mass is 9.87. The molecule has 4 heterocycles. The summed E-state index contributed by atoms with van der Waals surface area (Å²) in [5, 5.41) is 3.88. The van der Waals surface area contributed by atoms with Crippen molar-refractivity contribution in [1.82, 2.24) is 10.3 Å². The number of hydrogen-bond acceptors (Lipinski definition) is 6. The number of furan rings is 1. The number of carbonyl (C=O) groups is 1. The summed E-state index contributed by atoms with van der Waals surface area (Å²) < 4.78 is 11.2. The monoisotopic (exact) mass is 370 g/mol. The molecule has 136 valence electrons. The van der Waals surface area contributed by atoms with E-state index >= 15 is 0 Å². The minimum absolute atomic E-state index is 0.135. The topological polar surface area (TPSA) is 94.7 Å². The van der Waals surface area contributed by atoms with Crippen molar-refractivity contribution in [3.05, 3.63) is 88.4 Å². The Labute approximate surface area is 159 Å². The Kier molecular flexibility index (Phi) is 3.46. The van der Waals surface area contributed by atoms with Crippen molar-refractivity contribution in [2.75, 3.05) is 12.3 Å². The molecule has 1 unspecified atom stereocenters. The molecular weight excluding hydrogens is 356 g/mol. The Morgan fingerprint density at radius 1 is 1.25 bits per heavy atom. The summed E-state index contributed by atoms with van der Waals surface area (Å²) in [6.07, 6.45) is 1.56. The zero-order valence-electron chi connectivity index (χ0n) is 14.6. The zero-order valence-corrected chi connectivity index (χ0v) is 14.6. The van der Waals surface area contributed by atoms with Crippen molar-refractivity contribution >= 4 is 28.5 Å². The number of nitrogens with zero attached hydrogens (tertiary/aromatic N) is 2.